The number of rotatable bonds is 3. The molecule has 0 spiro atoms. The topological polar surface area (TPSA) is 12.5 Å². The maximum Gasteiger partial charge on any atom is 0.119 e. The lowest BCUT2D eigenvalue weighted by molar-refractivity contribution is 0.414. The van der Waals surface area contributed by atoms with Gasteiger partial charge in [0, 0.05) is 17.8 Å². The van der Waals surface area contributed by atoms with Gasteiger partial charge >= 0.3 is 0 Å². The number of ether oxygens (including phenoxy) is 1. The van der Waals surface area contributed by atoms with E-state index in [4.69, 9.17) is 4.74 Å². The highest BCUT2D eigenvalue weighted by molar-refractivity contribution is 5.74. The van der Waals surface area contributed by atoms with Crippen LogP contribution in [0.2, 0.25) is 0 Å². The summed E-state index contributed by atoms with van der Waals surface area (Å²) in [5, 5.41) is 0. The number of hydrogen-bond donors (Lipinski definition) is 0. The molecular formula is C18H19NO. The van der Waals surface area contributed by atoms with Crippen molar-refractivity contribution >= 4 is 11.8 Å². The molecule has 2 aromatic rings. The van der Waals surface area contributed by atoms with Gasteiger partial charge in [0.05, 0.1) is 13.2 Å². The molecule has 2 heteroatoms. The van der Waals surface area contributed by atoms with Crippen molar-refractivity contribution < 1.29 is 4.74 Å². The Morgan fingerprint density at radius 2 is 1.90 bits per heavy atom. The van der Waals surface area contributed by atoms with Crippen molar-refractivity contribution in [2.75, 3.05) is 18.6 Å². The zero-order valence-electron chi connectivity index (χ0n) is 11.9. The van der Waals surface area contributed by atoms with Gasteiger partial charge in [0.25, 0.3) is 0 Å². The SMILES string of the molecule is CCN1c2ccc(OC)cc2C=C[C@@H]1c1ccccc1. The van der Waals surface area contributed by atoms with Gasteiger partial charge in [-0.25, -0.2) is 0 Å². The lowest BCUT2D eigenvalue weighted by Gasteiger charge is -2.35. The molecule has 1 heterocycles. The van der Waals surface area contributed by atoms with E-state index in [9.17, 15) is 0 Å². The summed E-state index contributed by atoms with van der Waals surface area (Å²) >= 11 is 0. The largest absolute Gasteiger partial charge is 0.497 e. The van der Waals surface area contributed by atoms with Crippen LogP contribution in [0.4, 0.5) is 5.69 Å². The summed E-state index contributed by atoms with van der Waals surface area (Å²) in [5.74, 6) is 0.905. The van der Waals surface area contributed by atoms with E-state index in [0.29, 0.717) is 6.04 Å². The average Bonchev–Trinajstić information content (AvgIpc) is 2.53. The van der Waals surface area contributed by atoms with Gasteiger partial charge < -0.3 is 9.64 Å². The molecule has 0 amide bonds. The molecule has 3 rings (SSSR count). The van der Waals surface area contributed by atoms with Crippen molar-refractivity contribution in [1.82, 2.24) is 0 Å². The molecule has 1 aliphatic heterocycles. The Bertz CT molecular complexity index is 619. The molecule has 20 heavy (non-hydrogen) atoms. The average molecular weight is 265 g/mol. The third-order valence-corrected chi connectivity index (χ3v) is 3.82. The van der Waals surface area contributed by atoms with Gasteiger partial charge in [-0.2, -0.15) is 0 Å². The summed E-state index contributed by atoms with van der Waals surface area (Å²) in [5.41, 5.74) is 3.81. The zero-order chi connectivity index (χ0) is 13.9. The van der Waals surface area contributed by atoms with Gasteiger partial charge in [0.2, 0.25) is 0 Å². The fraction of sp³-hybridized carbons (Fsp3) is 0.222. The van der Waals surface area contributed by atoms with E-state index in [-0.39, 0.29) is 0 Å². The van der Waals surface area contributed by atoms with Crippen LogP contribution < -0.4 is 9.64 Å². The molecule has 0 radical (unpaired) electrons. The molecule has 1 aliphatic rings. The monoisotopic (exact) mass is 265 g/mol. The van der Waals surface area contributed by atoms with Crippen LogP contribution in [0.3, 0.4) is 0 Å². The number of hydrogen-bond acceptors (Lipinski definition) is 2. The second kappa shape index (κ2) is 5.41. The first kappa shape index (κ1) is 12.8. The fourth-order valence-electron chi connectivity index (χ4n) is 2.81. The summed E-state index contributed by atoms with van der Waals surface area (Å²) < 4.78 is 5.31. The minimum atomic E-state index is 0.307. The lowest BCUT2D eigenvalue weighted by Crippen LogP contribution is -2.29. The van der Waals surface area contributed by atoms with Crippen molar-refractivity contribution in [2.45, 2.75) is 13.0 Å². The first-order chi connectivity index (χ1) is 9.83. The first-order valence-electron chi connectivity index (χ1n) is 7.01. The maximum absolute atomic E-state index is 5.31. The summed E-state index contributed by atoms with van der Waals surface area (Å²) in [6.07, 6.45) is 4.46. The van der Waals surface area contributed by atoms with E-state index in [2.05, 4.69) is 66.4 Å². The summed E-state index contributed by atoms with van der Waals surface area (Å²) in [6, 6.07) is 17.2. The Labute approximate surface area is 120 Å². The van der Waals surface area contributed by atoms with Crippen LogP contribution >= 0.6 is 0 Å². The Morgan fingerprint density at radius 3 is 2.60 bits per heavy atom. The lowest BCUT2D eigenvalue weighted by atomic mass is 9.97. The van der Waals surface area contributed by atoms with Gasteiger partial charge in [-0.05, 0) is 30.7 Å². The summed E-state index contributed by atoms with van der Waals surface area (Å²) in [6.45, 7) is 3.17. The van der Waals surface area contributed by atoms with E-state index in [1.54, 1.807) is 7.11 Å². The fourth-order valence-corrected chi connectivity index (χ4v) is 2.81. The predicted octanol–water partition coefficient (Wildman–Crippen LogP) is 4.29. The number of benzene rings is 2. The second-order valence-electron chi connectivity index (χ2n) is 4.93. The highest BCUT2D eigenvalue weighted by atomic mass is 16.5. The van der Waals surface area contributed by atoms with Crippen LogP contribution in [0.15, 0.2) is 54.6 Å². The number of methoxy groups -OCH3 is 1. The number of nitrogens with zero attached hydrogens (tertiary/aromatic N) is 1. The number of fused-ring (bicyclic) bond motifs is 1. The summed E-state index contributed by atoms with van der Waals surface area (Å²) in [4.78, 5) is 2.42. The highest BCUT2D eigenvalue weighted by Gasteiger charge is 2.22. The van der Waals surface area contributed by atoms with E-state index in [1.807, 2.05) is 6.07 Å². The molecular weight excluding hydrogens is 246 g/mol. The molecule has 0 fully saturated rings. The molecule has 1 atom stereocenters. The van der Waals surface area contributed by atoms with Gasteiger partial charge in [-0.3, -0.25) is 0 Å². The van der Waals surface area contributed by atoms with Crippen LogP contribution in [0.1, 0.15) is 24.1 Å². The molecule has 0 aromatic heterocycles. The Hall–Kier alpha value is -2.22. The van der Waals surface area contributed by atoms with Crippen molar-refractivity contribution in [1.29, 1.82) is 0 Å². The van der Waals surface area contributed by atoms with E-state index in [0.717, 1.165) is 12.3 Å². The van der Waals surface area contributed by atoms with Gasteiger partial charge in [-0.15, -0.1) is 0 Å². The molecule has 0 saturated heterocycles. The maximum atomic E-state index is 5.31. The van der Waals surface area contributed by atoms with Crippen LogP contribution in [0.5, 0.6) is 5.75 Å². The standard InChI is InChI=1S/C18H19NO/c1-3-19-17(14-7-5-4-6-8-14)11-9-15-13-16(20-2)10-12-18(15)19/h4-13,17H,3H2,1-2H3/t17-/m1/s1. The third-order valence-electron chi connectivity index (χ3n) is 3.82. The molecule has 2 aromatic carbocycles. The minimum absolute atomic E-state index is 0.307. The predicted molar refractivity (Wildman–Crippen MR) is 84.2 cm³/mol. The van der Waals surface area contributed by atoms with Gasteiger partial charge in [-0.1, -0.05) is 42.5 Å². The third kappa shape index (κ3) is 2.18. The Kier molecular flexibility index (Phi) is 3.46. The molecule has 0 unspecified atom stereocenters. The smallest absolute Gasteiger partial charge is 0.119 e. The van der Waals surface area contributed by atoms with Gasteiger partial charge in [0.1, 0.15) is 5.75 Å². The molecule has 0 saturated carbocycles. The van der Waals surface area contributed by atoms with Crippen LogP contribution in [0.25, 0.3) is 6.08 Å². The van der Waals surface area contributed by atoms with Crippen molar-refractivity contribution in [3.05, 3.63) is 65.7 Å². The molecule has 0 aliphatic carbocycles. The minimum Gasteiger partial charge on any atom is -0.497 e. The van der Waals surface area contributed by atoms with Crippen LogP contribution in [-0.2, 0) is 0 Å². The second-order valence-corrected chi connectivity index (χ2v) is 4.93. The molecule has 0 N–H and O–H groups in total. The van der Waals surface area contributed by atoms with Crippen molar-refractivity contribution in [2.24, 2.45) is 0 Å². The highest BCUT2D eigenvalue weighted by Crippen LogP contribution is 2.37. The Balaban J connectivity index is 2.02. The normalized spacial score (nSPS) is 16.9. The quantitative estimate of drug-likeness (QED) is 0.821. The van der Waals surface area contributed by atoms with E-state index >= 15 is 0 Å². The summed E-state index contributed by atoms with van der Waals surface area (Å²) in [7, 11) is 1.71. The number of likely N-dealkylation sites (N-methyl/N-ethyl adjacent to an activating group) is 1. The first-order valence-corrected chi connectivity index (χ1v) is 7.01. The molecule has 2 nitrogen and oxygen atoms in total. The number of anilines is 1. The van der Waals surface area contributed by atoms with Crippen molar-refractivity contribution in [3.8, 4) is 5.75 Å². The molecule has 0 bridgehead atoms. The van der Waals surface area contributed by atoms with Gasteiger partial charge in [0.15, 0.2) is 0 Å². The zero-order valence-corrected chi connectivity index (χ0v) is 11.9. The van der Waals surface area contributed by atoms with Crippen molar-refractivity contribution in [3.63, 3.8) is 0 Å². The van der Waals surface area contributed by atoms with Crippen LogP contribution in [-0.4, -0.2) is 13.7 Å². The Morgan fingerprint density at radius 1 is 1.10 bits per heavy atom. The van der Waals surface area contributed by atoms with Crippen LogP contribution in [0, 0.1) is 0 Å². The molecule has 102 valence electrons. The van der Waals surface area contributed by atoms with E-state index in [1.165, 1.54) is 16.8 Å². The van der Waals surface area contributed by atoms with E-state index < -0.39 is 0 Å².